The molecule has 2 saturated carbocycles. The first-order valence-corrected chi connectivity index (χ1v) is 9.01. The van der Waals surface area contributed by atoms with E-state index in [2.05, 4.69) is 58.2 Å². The Morgan fingerprint density at radius 2 is 1.91 bits per heavy atom. The molecule has 4 nitrogen and oxygen atoms in total. The summed E-state index contributed by atoms with van der Waals surface area (Å²) in [4.78, 5) is 4.36. The lowest BCUT2D eigenvalue weighted by Gasteiger charge is -2.35. The lowest BCUT2D eigenvalue weighted by molar-refractivity contribution is 0.297. The minimum absolute atomic E-state index is 0.177. The SMILES string of the molecule is CN=C(NCC1(NC(C)c2ccccc2)CCCC1)NC1CC1. The van der Waals surface area contributed by atoms with Crippen molar-refractivity contribution in [1.29, 1.82) is 0 Å². The highest BCUT2D eigenvalue weighted by molar-refractivity contribution is 5.80. The zero-order valence-corrected chi connectivity index (χ0v) is 14.4. The first-order chi connectivity index (χ1) is 11.2. The highest BCUT2D eigenvalue weighted by Crippen LogP contribution is 2.31. The van der Waals surface area contributed by atoms with Crippen molar-refractivity contribution in [3.63, 3.8) is 0 Å². The van der Waals surface area contributed by atoms with Gasteiger partial charge in [-0.05, 0) is 38.2 Å². The van der Waals surface area contributed by atoms with Crippen molar-refractivity contribution >= 4 is 5.96 Å². The topological polar surface area (TPSA) is 48.5 Å². The summed E-state index contributed by atoms with van der Waals surface area (Å²) in [6.45, 7) is 3.21. The summed E-state index contributed by atoms with van der Waals surface area (Å²) in [6, 6.07) is 11.7. The normalized spacial score (nSPS) is 21.9. The molecule has 0 saturated heterocycles. The number of hydrogen-bond acceptors (Lipinski definition) is 2. The quantitative estimate of drug-likeness (QED) is 0.559. The number of nitrogens with zero attached hydrogens (tertiary/aromatic N) is 1. The van der Waals surface area contributed by atoms with E-state index in [1.54, 1.807) is 0 Å². The molecule has 2 fully saturated rings. The Balaban J connectivity index is 1.60. The van der Waals surface area contributed by atoms with E-state index in [1.165, 1.54) is 44.1 Å². The van der Waals surface area contributed by atoms with Gasteiger partial charge in [0.25, 0.3) is 0 Å². The van der Waals surface area contributed by atoms with E-state index in [9.17, 15) is 0 Å². The summed E-state index contributed by atoms with van der Waals surface area (Å²) in [7, 11) is 1.86. The van der Waals surface area contributed by atoms with Crippen LogP contribution in [0.4, 0.5) is 0 Å². The molecule has 1 aromatic rings. The van der Waals surface area contributed by atoms with Gasteiger partial charge in [0.2, 0.25) is 0 Å². The van der Waals surface area contributed by atoms with Crippen molar-refractivity contribution in [3.8, 4) is 0 Å². The fraction of sp³-hybridized carbons (Fsp3) is 0.632. The van der Waals surface area contributed by atoms with Crippen LogP contribution in [0.3, 0.4) is 0 Å². The first kappa shape index (κ1) is 16.3. The Morgan fingerprint density at radius 1 is 1.22 bits per heavy atom. The number of rotatable bonds is 6. The van der Waals surface area contributed by atoms with Gasteiger partial charge < -0.3 is 16.0 Å². The molecule has 0 bridgehead atoms. The third-order valence-electron chi connectivity index (χ3n) is 5.12. The summed E-state index contributed by atoms with van der Waals surface area (Å²) < 4.78 is 0. The Labute approximate surface area is 140 Å². The highest BCUT2D eigenvalue weighted by Gasteiger charge is 2.35. The molecule has 1 aromatic carbocycles. The summed E-state index contributed by atoms with van der Waals surface area (Å²) in [5.41, 5.74) is 1.54. The molecule has 3 rings (SSSR count). The minimum Gasteiger partial charge on any atom is -0.355 e. The van der Waals surface area contributed by atoms with Gasteiger partial charge in [-0.2, -0.15) is 0 Å². The number of hydrogen-bond donors (Lipinski definition) is 3. The monoisotopic (exact) mass is 314 g/mol. The molecular weight excluding hydrogens is 284 g/mol. The van der Waals surface area contributed by atoms with Crippen molar-refractivity contribution in [1.82, 2.24) is 16.0 Å². The second-order valence-electron chi connectivity index (χ2n) is 7.11. The van der Waals surface area contributed by atoms with E-state index in [0.29, 0.717) is 12.1 Å². The number of benzene rings is 1. The molecule has 1 unspecified atom stereocenters. The molecular formula is C19H30N4. The molecule has 23 heavy (non-hydrogen) atoms. The lowest BCUT2D eigenvalue weighted by atomic mass is 9.94. The van der Waals surface area contributed by atoms with E-state index < -0.39 is 0 Å². The van der Waals surface area contributed by atoms with E-state index >= 15 is 0 Å². The van der Waals surface area contributed by atoms with Crippen LogP contribution in [0.2, 0.25) is 0 Å². The van der Waals surface area contributed by atoms with Crippen LogP contribution in [0.1, 0.15) is 57.1 Å². The summed E-state index contributed by atoms with van der Waals surface area (Å²) in [5.74, 6) is 0.952. The smallest absolute Gasteiger partial charge is 0.191 e. The molecule has 2 aliphatic carbocycles. The van der Waals surface area contributed by atoms with Crippen LogP contribution in [-0.4, -0.2) is 31.1 Å². The van der Waals surface area contributed by atoms with Gasteiger partial charge in [-0.25, -0.2) is 0 Å². The molecule has 1 atom stereocenters. The molecule has 0 aliphatic heterocycles. The van der Waals surface area contributed by atoms with E-state index in [-0.39, 0.29) is 5.54 Å². The summed E-state index contributed by atoms with van der Waals surface area (Å²) >= 11 is 0. The van der Waals surface area contributed by atoms with Crippen molar-refractivity contribution < 1.29 is 0 Å². The van der Waals surface area contributed by atoms with Crippen LogP contribution in [0, 0.1) is 0 Å². The number of nitrogens with one attached hydrogen (secondary N) is 3. The second kappa shape index (κ2) is 7.35. The molecule has 3 N–H and O–H groups in total. The van der Waals surface area contributed by atoms with E-state index in [1.807, 2.05) is 7.05 Å². The van der Waals surface area contributed by atoms with Crippen molar-refractivity contribution in [2.24, 2.45) is 4.99 Å². The lowest BCUT2D eigenvalue weighted by Crippen LogP contribution is -2.54. The van der Waals surface area contributed by atoms with Gasteiger partial charge in [0.1, 0.15) is 0 Å². The maximum absolute atomic E-state index is 4.36. The standard InChI is InChI=1S/C19H30N4/c1-15(16-8-4-3-5-9-16)23-19(12-6-7-13-19)14-21-18(20-2)22-17-10-11-17/h3-5,8-9,15,17,23H,6-7,10-14H2,1-2H3,(H2,20,21,22). The van der Waals surface area contributed by atoms with Gasteiger partial charge in [-0.15, -0.1) is 0 Å². The maximum Gasteiger partial charge on any atom is 0.191 e. The predicted octanol–water partition coefficient (Wildman–Crippen LogP) is 2.98. The van der Waals surface area contributed by atoms with Crippen molar-refractivity contribution in [2.45, 2.75) is 63.1 Å². The zero-order chi connectivity index (χ0) is 16.1. The van der Waals surface area contributed by atoms with E-state index in [0.717, 1.165) is 12.5 Å². The zero-order valence-electron chi connectivity index (χ0n) is 14.4. The summed E-state index contributed by atoms with van der Waals surface area (Å²) in [5, 5.41) is 10.9. The van der Waals surface area contributed by atoms with Crippen LogP contribution in [0.5, 0.6) is 0 Å². The summed E-state index contributed by atoms with van der Waals surface area (Å²) in [6.07, 6.45) is 7.63. The largest absolute Gasteiger partial charge is 0.355 e. The minimum atomic E-state index is 0.177. The van der Waals surface area contributed by atoms with Gasteiger partial charge in [0.05, 0.1) is 0 Å². The Bertz CT molecular complexity index is 515. The Morgan fingerprint density at radius 3 is 2.52 bits per heavy atom. The third-order valence-corrected chi connectivity index (χ3v) is 5.12. The highest BCUT2D eigenvalue weighted by atomic mass is 15.2. The van der Waals surface area contributed by atoms with Gasteiger partial charge in [-0.3, -0.25) is 4.99 Å². The maximum atomic E-state index is 4.36. The third kappa shape index (κ3) is 4.47. The second-order valence-corrected chi connectivity index (χ2v) is 7.11. The number of aliphatic imine (C=N–C) groups is 1. The van der Waals surface area contributed by atoms with Crippen molar-refractivity contribution in [2.75, 3.05) is 13.6 Å². The Hall–Kier alpha value is -1.55. The molecule has 0 spiro atoms. The molecule has 4 heteroatoms. The van der Waals surface area contributed by atoms with Gasteiger partial charge in [0, 0.05) is 31.2 Å². The molecule has 126 valence electrons. The Kier molecular flexibility index (Phi) is 5.21. The molecule has 0 amide bonds. The van der Waals surface area contributed by atoms with Crippen molar-refractivity contribution in [3.05, 3.63) is 35.9 Å². The van der Waals surface area contributed by atoms with Gasteiger partial charge in [-0.1, -0.05) is 43.2 Å². The fourth-order valence-electron chi connectivity index (χ4n) is 3.58. The van der Waals surface area contributed by atoms with Crippen LogP contribution in [0.25, 0.3) is 0 Å². The van der Waals surface area contributed by atoms with Crippen LogP contribution in [0.15, 0.2) is 35.3 Å². The number of guanidine groups is 1. The van der Waals surface area contributed by atoms with E-state index in [4.69, 9.17) is 0 Å². The average Bonchev–Trinajstić information content (AvgIpc) is 3.29. The predicted molar refractivity (Wildman–Crippen MR) is 96.7 cm³/mol. The fourth-order valence-corrected chi connectivity index (χ4v) is 3.58. The molecule has 0 heterocycles. The van der Waals surface area contributed by atoms with Crippen LogP contribution < -0.4 is 16.0 Å². The van der Waals surface area contributed by atoms with Crippen LogP contribution >= 0.6 is 0 Å². The molecule has 2 aliphatic rings. The first-order valence-electron chi connectivity index (χ1n) is 9.01. The average molecular weight is 314 g/mol. The molecule has 0 aromatic heterocycles. The van der Waals surface area contributed by atoms with Gasteiger partial charge >= 0.3 is 0 Å². The molecule has 0 radical (unpaired) electrons. The van der Waals surface area contributed by atoms with Gasteiger partial charge in [0.15, 0.2) is 5.96 Å². The van der Waals surface area contributed by atoms with Crippen LogP contribution in [-0.2, 0) is 0 Å².